The molecule has 1 saturated carbocycles. The third-order valence-electron chi connectivity index (χ3n) is 4.74. The van der Waals surface area contributed by atoms with Gasteiger partial charge in [0.1, 0.15) is 0 Å². The number of sulfonamides is 2. The van der Waals surface area contributed by atoms with Gasteiger partial charge in [0.05, 0.1) is 9.79 Å². The number of hydrogen-bond acceptors (Lipinski definition) is 5. The Morgan fingerprint density at radius 2 is 1.52 bits per heavy atom. The second-order valence-corrected chi connectivity index (χ2v) is 10.4. The molecule has 1 aliphatic heterocycles. The molecule has 0 amide bonds. The van der Waals surface area contributed by atoms with Crippen molar-refractivity contribution in [3.63, 3.8) is 0 Å². The van der Waals surface area contributed by atoms with Gasteiger partial charge in [-0.05, 0) is 69.5 Å². The lowest BCUT2D eigenvalue weighted by Gasteiger charge is -2.31. The highest BCUT2D eigenvalue weighted by atomic mass is 32.2. The van der Waals surface area contributed by atoms with E-state index in [1.54, 1.807) is 0 Å². The van der Waals surface area contributed by atoms with Crippen molar-refractivity contribution in [3.05, 3.63) is 24.3 Å². The Balaban J connectivity index is 1.70. The van der Waals surface area contributed by atoms with Gasteiger partial charge in [-0.3, -0.25) is 0 Å². The van der Waals surface area contributed by atoms with Crippen LogP contribution in [0.4, 0.5) is 0 Å². The van der Waals surface area contributed by atoms with E-state index in [1.165, 1.54) is 28.6 Å². The smallest absolute Gasteiger partial charge is 0.243 e. The fourth-order valence-corrected chi connectivity index (χ4v) is 5.85. The predicted octanol–water partition coefficient (Wildman–Crippen LogP) is 0.747. The minimum absolute atomic E-state index is 0.0207. The summed E-state index contributed by atoms with van der Waals surface area (Å²) in [4.78, 5) is 0.246. The molecular formula is C16H25N3O4S2. The van der Waals surface area contributed by atoms with Crippen molar-refractivity contribution in [2.24, 2.45) is 5.92 Å². The van der Waals surface area contributed by atoms with Crippen LogP contribution < -0.4 is 10.0 Å². The summed E-state index contributed by atoms with van der Waals surface area (Å²) >= 11 is 0. The summed E-state index contributed by atoms with van der Waals surface area (Å²) in [5.41, 5.74) is 0. The Bertz CT molecular complexity index is 794. The molecule has 1 heterocycles. The summed E-state index contributed by atoms with van der Waals surface area (Å²) in [6, 6.07) is 5.52. The molecule has 9 heteroatoms. The molecule has 1 saturated heterocycles. The lowest BCUT2D eigenvalue weighted by atomic mass is 9.98. The van der Waals surface area contributed by atoms with Crippen LogP contribution in [-0.4, -0.2) is 53.9 Å². The molecule has 2 N–H and O–H groups in total. The van der Waals surface area contributed by atoms with E-state index < -0.39 is 20.0 Å². The molecule has 2 fully saturated rings. The van der Waals surface area contributed by atoms with Gasteiger partial charge < -0.3 is 5.32 Å². The Hall–Kier alpha value is -1.00. The molecule has 1 aromatic carbocycles. The van der Waals surface area contributed by atoms with E-state index >= 15 is 0 Å². The van der Waals surface area contributed by atoms with Crippen LogP contribution in [0, 0.1) is 5.92 Å². The summed E-state index contributed by atoms with van der Waals surface area (Å²) < 4.78 is 53.9. The quantitative estimate of drug-likeness (QED) is 0.720. The molecule has 0 radical (unpaired) electrons. The standard InChI is InChI=1S/C16H25N3O4S2/c1-17-12-13-8-10-19(11-9-13)25(22,23)16-6-4-15(5-7-16)24(20,21)18-14-2-3-14/h4-7,13-14,17-18H,2-3,8-12H2,1H3. The SMILES string of the molecule is CNCC1CCN(S(=O)(=O)c2ccc(S(=O)(=O)NC3CC3)cc2)CC1. The number of hydrogen-bond donors (Lipinski definition) is 2. The van der Waals surface area contributed by atoms with Gasteiger partial charge in [-0.1, -0.05) is 0 Å². The van der Waals surface area contributed by atoms with E-state index in [4.69, 9.17) is 0 Å². The van der Waals surface area contributed by atoms with E-state index in [-0.39, 0.29) is 15.8 Å². The average molecular weight is 388 g/mol. The molecule has 1 aliphatic carbocycles. The maximum absolute atomic E-state index is 12.7. The van der Waals surface area contributed by atoms with Crippen molar-refractivity contribution in [2.75, 3.05) is 26.7 Å². The van der Waals surface area contributed by atoms with E-state index in [1.807, 2.05) is 7.05 Å². The summed E-state index contributed by atoms with van der Waals surface area (Å²) in [7, 11) is -5.24. The molecule has 0 unspecified atom stereocenters. The van der Waals surface area contributed by atoms with E-state index in [0.717, 1.165) is 32.2 Å². The Kier molecular flexibility index (Phi) is 5.50. The monoisotopic (exact) mass is 387 g/mol. The molecule has 25 heavy (non-hydrogen) atoms. The number of nitrogens with one attached hydrogen (secondary N) is 2. The summed E-state index contributed by atoms with van der Waals surface area (Å²) in [5, 5.41) is 3.13. The molecule has 7 nitrogen and oxygen atoms in total. The van der Waals surface area contributed by atoms with Crippen LogP contribution >= 0.6 is 0 Å². The molecule has 0 bridgehead atoms. The normalized spacial score (nSPS) is 20.7. The van der Waals surface area contributed by atoms with E-state index in [0.29, 0.717) is 19.0 Å². The van der Waals surface area contributed by atoms with Gasteiger partial charge in [-0.15, -0.1) is 0 Å². The minimum Gasteiger partial charge on any atom is -0.319 e. The molecule has 140 valence electrons. The Morgan fingerprint density at radius 1 is 0.960 bits per heavy atom. The highest BCUT2D eigenvalue weighted by Crippen LogP contribution is 2.25. The third kappa shape index (κ3) is 4.40. The first-order valence-electron chi connectivity index (χ1n) is 8.60. The van der Waals surface area contributed by atoms with Crippen LogP contribution in [0.15, 0.2) is 34.1 Å². The summed E-state index contributed by atoms with van der Waals surface area (Å²) in [6.07, 6.45) is 3.38. The van der Waals surface area contributed by atoms with Gasteiger partial charge in [-0.25, -0.2) is 21.6 Å². The molecular weight excluding hydrogens is 362 g/mol. The van der Waals surface area contributed by atoms with Crippen molar-refractivity contribution >= 4 is 20.0 Å². The highest BCUT2D eigenvalue weighted by molar-refractivity contribution is 7.89. The fourth-order valence-electron chi connectivity index (χ4n) is 3.07. The van der Waals surface area contributed by atoms with Gasteiger partial charge >= 0.3 is 0 Å². The van der Waals surface area contributed by atoms with Crippen LogP contribution in [-0.2, 0) is 20.0 Å². The van der Waals surface area contributed by atoms with E-state index in [2.05, 4.69) is 10.0 Å². The summed E-state index contributed by atoms with van der Waals surface area (Å²) in [5.74, 6) is 0.498. The minimum atomic E-state index is -3.58. The molecule has 0 aromatic heterocycles. The zero-order valence-electron chi connectivity index (χ0n) is 14.3. The second-order valence-electron chi connectivity index (χ2n) is 6.77. The largest absolute Gasteiger partial charge is 0.319 e. The Morgan fingerprint density at radius 3 is 2.04 bits per heavy atom. The predicted molar refractivity (Wildman–Crippen MR) is 95.2 cm³/mol. The first kappa shape index (κ1) is 18.8. The zero-order valence-corrected chi connectivity index (χ0v) is 15.9. The average Bonchev–Trinajstić information content (AvgIpc) is 3.39. The number of benzene rings is 1. The van der Waals surface area contributed by atoms with Crippen LogP contribution in [0.5, 0.6) is 0 Å². The molecule has 2 aliphatic rings. The van der Waals surface area contributed by atoms with Crippen molar-refractivity contribution < 1.29 is 16.8 Å². The van der Waals surface area contributed by atoms with Crippen LogP contribution in [0.1, 0.15) is 25.7 Å². The number of nitrogens with zero attached hydrogens (tertiary/aromatic N) is 1. The lowest BCUT2D eigenvalue weighted by Crippen LogP contribution is -2.40. The van der Waals surface area contributed by atoms with Gasteiger partial charge in [0.2, 0.25) is 20.0 Å². The van der Waals surface area contributed by atoms with Crippen molar-refractivity contribution in [1.29, 1.82) is 0 Å². The zero-order chi connectivity index (χ0) is 18.1. The second kappa shape index (κ2) is 7.32. The molecule has 0 atom stereocenters. The lowest BCUT2D eigenvalue weighted by molar-refractivity contribution is 0.270. The molecule has 0 spiro atoms. The molecule has 3 rings (SSSR count). The first-order valence-corrected chi connectivity index (χ1v) is 11.5. The van der Waals surface area contributed by atoms with Crippen molar-refractivity contribution in [2.45, 2.75) is 41.5 Å². The maximum atomic E-state index is 12.7. The van der Waals surface area contributed by atoms with E-state index in [9.17, 15) is 16.8 Å². The van der Waals surface area contributed by atoms with Gasteiger partial charge in [0.15, 0.2) is 0 Å². The van der Waals surface area contributed by atoms with Crippen LogP contribution in [0.25, 0.3) is 0 Å². The molecule has 1 aromatic rings. The fraction of sp³-hybridized carbons (Fsp3) is 0.625. The number of piperidine rings is 1. The van der Waals surface area contributed by atoms with Gasteiger partial charge in [0.25, 0.3) is 0 Å². The summed E-state index contributed by atoms with van der Waals surface area (Å²) in [6.45, 7) is 1.89. The Labute approximate surface area is 149 Å². The van der Waals surface area contributed by atoms with Crippen molar-refractivity contribution in [3.8, 4) is 0 Å². The highest BCUT2D eigenvalue weighted by Gasteiger charge is 2.30. The topological polar surface area (TPSA) is 95.6 Å². The van der Waals surface area contributed by atoms with Crippen molar-refractivity contribution in [1.82, 2.24) is 14.3 Å². The first-order chi connectivity index (χ1) is 11.8. The van der Waals surface area contributed by atoms with Gasteiger partial charge in [0, 0.05) is 19.1 Å². The maximum Gasteiger partial charge on any atom is 0.243 e. The third-order valence-corrected chi connectivity index (χ3v) is 8.19. The number of rotatable bonds is 7. The van der Waals surface area contributed by atoms with Crippen LogP contribution in [0.2, 0.25) is 0 Å². The van der Waals surface area contributed by atoms with Gasteiger partial charge in [-0.2, -0.15) is 4.31 Å². The van der Waals surface area contributed by atoms with Crippen LogP contribution in [0.3, 0.4) is 0 Å².